The highest BCUT2D eigenvalue weighted by atomic mass is 35.5. The van der Waals surface area contributed by atoms with Crippen molar-refractivity contribution in [2.24, 2.45) is 11.8 Å². The van der Waals surface area contributed by atoms with E-state index in [4.69, 9.17) is 11.6 Å². The van der Waals surface area contributed by atoms with Gasteiger partial charge in [0.05, 0.1) is 11.8 Å². The van der Waals surface area contributed by atoms with Gasteiger partial charge in [0, 0.05) is 10.7 Å². The first-order valence-electron chi connectivity index (χ1n) is 6.83. The van der Waals surface area contributed by atoms with Crippen LogP contribution in [0.3, 0.4) is 0 Å². The van der Waals surface area contributed by atoms with Gasteiger partial charge in [0.1, 0.15) is 0 Å². The molecule has 0 unspecified atom stereocenters. The Bertz CT molecular complexity index is 609. The topological polar surface area (TPSA) is 66.4 Å². The van der Waals surface area contributed by atoms with E-state index in [1.807, 2.05) is 13.8 Å². The van der Waals surface area contributed by atoms with E-state index >= 15 is 0 Å². The Labute approximate surface area is 128 Å². The Balaban J connectivity index is 2.18. The van der Waals surface area contributed by atoms with Gasteiger partial charge in [-0.05, 0) is 44.9 Å². The van der Waals surface area contributed by atoms with Crippen molar-refractivity contribution in [1.82, 2.24) is 0 Å². The molecule has 0 bridgehead atoms. The molecule has 1 aromatic rings. The molecule has 1 aliphatic carbocycles. The van der Waals surface area contributed by atoms with Gasteiger partial charge in [-0.2, -0.15) is 0 Å². The molecule has 4 nitrogen and oxygen atoms in total. The molecule has 1 aromatic carbocycles. The van der Waals surface area contributed by atoms with Crippen LogP contribution in [0.2, 0.25) is 5.02 Å². The van der Waals surface area contributed by atoms with Crippen molar-refractivity contribution in [2.45, 2.75) is 26.7 Å². The third kappa shape index (κ3) is 3.64. The van der Waals surface area contributed by atoms with Gasteiger partial charge in [0.15, 0.2) is 0 Å². The minimum atomic E-state index is -0.923. The highest BCUT2D eigenvalue weighted by Crippen LogP contribution is 2.35. The summed E-state index contributed by atoms with van der Waals surface area (Å²) in [6, 6.07) is 6.83. The first kappa shape index (κ1) is 15.6. The lowest BCUT2D eigenvalue weighted by Crippen LogP contribution is -2.36. The fourth-order valence-corrected chi connectivity index (χ4v) is 2.82. The molecule has 2 rings (SSSR count). The van der Waals surface area contributed by atoms with Crippen molar-refractivity contribution in [1.29, 1.82) is 0 Å². The summed E-state index contributed by atoms with van der Waals surface area (Å²) < 4.78 is 0. The van der Waals surface area contributed by atoms with Gasteiger partial charge in [0.2, 0.25) is 5.91 Å². The molecular formula is C16H18ClNO3. The summed E-state index contributed by atoms with van der Waals surface area (Å²) in [5.74, 6) is -2.41. The second-order valence-corrected chi connectivity index (χ2v) is 5.96. The molecule has 0 saturated carbocycles. The van der Waals surface area contributed by atoms with Crippen molar-refractivity contribution in [3.63, 3.8) is 0 Å². The molecule has 2 atom stereocenters. The van der Waals surface area contributed by atoms with Crippen LogP contribution in [0.15, 0.2) is 35.4 Å². The van der Waals surface area contributed by atoms with Crippen molar-refractivity contribution >= 4 is 29.2 Å². The van der Waals surface area contributed by atoms with E-state index in [2.05, 4.69) is 5.32 Å². The lowest BCUT2D eigenvalue weighted by molar-refractivity contribution is -0.146. The molecule has 2 N–H and O–H groups in total. The molecule has 0 saturated heterocycles. The lowest BCUT2D eigenvalue weighted by atomic mass is 9.76. The molecule has 112 valence electrons. The number of aliphatic carboxylic acids is 1. The number of allylic oxidation sites excluding steroid dienone is 2. The smallest absolute Gasteiger partial charge is 0.307 e. The van der Waals surface area contributed by atoms with Crippen molar-refractivity contribution in [2.75, 3.05) is 5.32 Å². The molecule has 21 heavy (non-hydrogen) atoms. The number of carbonyl (C=O) groups excluding carboxylic acids is 1. The van der Waals surface area contributed by atoms with Crippen molar-refractivity contribution in [3.05, 3.63) is 40.4 Å². The van der Waals surface area contributed by atoms with E-state index in [-0.39, 0.29) is 5.91 Å². The number of carboxylic acids is 1. The number of anilines is 1. The van der Waals surface area contributed by atoms with Gasteiger partial charge in [0.25, 0.3) is 0 Å². The summed E-state index contributed by atoms with van der Waals surface area (Å²) >= 11 is 5.88. The van der Waals surface area contributed by atoms with Gasteiger partial charge >= 0.3 is 5.97 Å². The minimum absolute atomic E-state index is 0.267. The quantitative estimate of drug-likeness (QED) is 0.836. The average molecular weight is 308 g/mol. The molecule has 1 amide bonds. The van der Waals surface area contributed by atoms with Gasteiger partial charge in [-0.1, -0.05) is 28.8 Å². The third-order valence-corrected chi connectivity index (χ3v) is 4.25. The van der Waals surface area contributed by atoms with Crippen LogP contribution in [0.4, 0.5) is 5.69 Å². The largest absolute Gasteiger partial charge is 0.481 e. The van der Waals surface area contributed by atoms with Crippen LogP contribution in [0.1, 0.15) is 26.7 Å². The lowest BCUT2D eigenvalue weighted by Gasteiger charge is -2.29. The number of benzene rings is 1. The van der Waals surface area contributed by atoms with Gasteiger partial charge < -0.3 is 10.4 Å². The number of rotatable bonds is 3. The molecule has 0 aromatic heterocycles. The number of amides is 1. The van der Waals surface area contributed by atoms with Crippen LogP contribution < -0.4 is 5.32 Å². The first-order valence-corrected chi connectivity index (χ1v) is 7.20. The zero-order valence-corrected chi connectivity index (χ0v) is 12.8. The maximum Gasteiger partial charge on any atom is 0.307 e. The molecule has 0 aliphatic heterocycles. The maximum absolute atomic E-state index is 12.4. The number of carboxylic acid groups (broad SMARTS) is 1. The second-order valence-electron chi connectivity index (χ2n) is 5.52. The minimum Gasteiger partial charge on any atom is -0.481 e. The Kier molecular flexibility index (Phi) is 4.68. The molecule has 1 aliphatic rings. The van der Waals surface area contributed by atoms with Crippen molar-refractivity contribution < 1.29 is 14.7 Å². The SMILES string of the molecule is CC1=C(C)C[C@H](C(=O)Nc2cccc(Cl)c2)[C@@H](C(=O)O)C1. The standard InChI is InChI=1S/C16H18ClNO3/c1-9-6-13(14(16(20)21)7-10(9)2)15(19)18-12-5-3-4-11(17)8-12/h3-5,8,13-14H,6-7H2,1-2H3,(H,18,19)(H,20,21)/t13-,14-/m0/s1. The summed E-state index contributed by atoms with van der Waals surface area (Å²) in [5.41, 5.74) is 2.74. The van der Waals surface area contributed by atoms with Crippen LogP contribution in [0.25, 0.3) is 0 Å². The number of carbonyl (C=O) groups is 2. The van der Waals surface area contributed by atoms with E-state index in [1.54, 1.807) is 24.3 Å². The Hall–Kier alpha value is -1.81. The second kappa shape index (κ2) is 6.31. The molecule has 0 radical (unpaired) electrons. The zero-order chi connectivity index (χ0) is 15.6. The van der Waals surface area contributed by atoms with E-state index in [1.165, 1.54) is 0 Å². The zero-order valence-electron chi connectivity index (χ0n) is 12.0. The maximum atomic E-state index is 12.4. The number of hydrogen-bond acceptors (Lipinski definition) is 2. The predicted molar refractivity (Wildman–Crippen MR) is 82.3 cm³/mol. The van der Waals surface area contributed by atoms with E-state index in [0.717, 1.165) is 11.1 Å². The summed E-state index contributed by atoms with van der Waals surface area (Å²) in [6.07, 6.45) is 0.907. The summed E-state index contributed by atoms with van der Waals surface area (Å²) in [5, 5.41) is 12.6. The number of halogens is 1. The Morgan fingerprint density at radius 3 is 2.38 bits per heavy atom. The molecule has 0 spiro atoms. The number of hydrogen-bond donors (Lipinski definition) is 2. The third-order valence-electron chi connectivity index (χ3n) is 4.01. The van der Waals surface area contributed by atoms with Crippen LogP contribution in [0, 0.1) is 11.8 Å². The predicted octanol–water partition coefficient (Wildman–Crippen LogP) is 3.73. The fraction of sp³-hybridized carbons (Fsp3) is 0.375. The molecular weight excluding hydrogens is 290 g/mol. The van der Waals surface area contributed by atoms with Gasteiger partial charge in [-0.25, -0.2) is 0 Å². The average Bonchev–Trinajstić information content (AvgIpc) is 2.41. The highest BCUT2D eigenvalue weighted by molar-refractivity contribution is 6.30. The number of nitrogens with one attached hydrogen (secondary N) is 1. The monoisotopic (exact) mass is 307 g/mol. The Morgan fingerprint density at radius 2 is 1.81 bits per heavy atom. The van der Waals surface area contributed by atoms with E-state index in [0.29, 0.717) is 23.6 Å². The van der Waals surface area contributed by atoms with Crippen LogP contribution in [0.5, 0.6) is 0 Å². The van der Waals surface area contributed by atoms with Gasteiger partial charge in [-0.3, -0.25) is 9.59 Å². The fourth-order valence-electron chi connectivity index (χ4n) is 2.63. The van der Waals surface area contributed by atoms with E-state index in [9.17, 15) is 14.7 Å². The van der Waals surface area contributed by atoms with Gasteiger partial charge in [-0.15, -0.1) is 0 Å². The first-order chi connectivity index (χ1) is 9.88. The van der Waals surface area contributed by atoms with Crippen molar-refractivity contribution in [3.8, 4) is 0 Å². The summed E-state index contributed by atoms with van der Waals surface area (Å²) in [7, 11) is 0. The molecule has 0 heterocycles. The van der Waals surface area contributed by atoms with Crippen LogP contribution in [-0.2, 0) is 9.59 Å². The van der Waals surface area contributed by atoms with E-state index < -0.39 is 17.8 Å². The summed E-state index contributed by atoms with van der Waals surface area (Å²) in [6.45, 7) is 3.88. The summed E-state index contributed by atoms with van der Waals surface area (Å²) in [4.78, 5) is 23.8. The van der Waals surface area contributed by atoms with Crippen LogP contribution in [-0.4, -0.2) is 17.0 Å². The normalized spacial score (nSPS) is 22.0. The van der Waals surface area contributed by atoms with Crippen LogP contribution >= 0.6 is 11.6 Å². The molecule has 0 fully saturated rings. The highest BCUT2D eigenvalue weighted by Gasteiger charge is 2.37. The molecule has 5 heteroatoms. The Morgan fingerprint density at radius 1 is 1.19 bits per heavy atom.